The number of hydrogen-bond acceptors (Lipinski definition) is 4. The molecule has 4 heteroatoms. The van der Waals surface area contributed by atoms with Gasteiger partial charge in [-0.05, 0) is 17.7 Å². The van der Waals surface area contributed by atoms with Crippen LogP contribution in [0.15, 0.2) is 42.5 Å². The Balaban J connectivity index is 1.90. The van der Waals surface area contributed by atoms with Crippen molar-refractivity contribution >= 4 is 0 Å². The Hall–Kier alpha value is -2.04. The standard InChI is InChI=1S/C18H22N2O2/c1-21-17-8-4-3-6-13(17)11-20-12-15-14(16(20)10-19)7-5-9-18(15)22-2/h3-9,16H,10-12,19H2,1-2H3. The van der Waals surface area contributed by atoms with E-state index in [1.54, 1.807) is 14.2 Å². The van der Waals surface area contributed by atoms with E-state index in [0.717, 1.165) is 24.6 Å². The van der Waals surface area contributed by atoms with Gasteiger partial charge in [0.1, 0.15) is 11.5 Å². The summed E-state index contributed by atoms with van der Waals surface area (Å²) in [7, 11) is 3.43. The molecule has 22 heavy (non-hydrogen) atoms. The SMILES string of the molecule is COc1ccccc1CN1Cc2c(OC)cccc2C1CN. The van der Waals surface area contributed by atoms with Crippen molar-refractivity contribution in [2.45, 2.75) is 19.1 Å². The first-order valence-electron chi connectivity index (χ1n) is 7.50. The number of nitrogens with zero attached hydrogens (tertiary/aromatic N) is 1. The van der Waals surface area contributed by atoms with Crippen LogP contribution in [0, 0.1) is 0 Å². The van der Waals surface area contributed by atoms with Crippen LogP contribution < -0.4 is 15.2 Å². The molecule has 1 aliphatic heterocycles. The number of para-hydroxylation sites is 1. The summed E-state index contributed by atoms with van der Waals surface area (Å²) in [5.41, 5.74) is 9.74. The number of hydrogen-bond donors (Lipinski definition) is 1. The molecule has 2 N–H and O–H groups in total. The molecule has 0 aromatic heterocycles. The molecule has 0 radical (unpaired) electrons. The van der Waals surface area contributed by atoms with Gasteiger partial charge in [0, 0.05) is 36.8 Å². The highest BCUT2D eigenvalue weighted by atomic mass is 16.5. The van der Waals surface area contributed by atoms with E-state index in [1.807, 2.05) is 30.3 Å². The van der Waals surface area contributed by atoms with Crippen molar-refractivity contribution in [2.75, 3.05) is 20.8 Å². The zero-order valence-electron chi connectivity index (χ0n) is 13.1. The largest absolute Gasteiger partial charge is 0.496 e. The molecule has 1 aliphatic rings. The van der Waals surface area contributed by atoms with E-state index in [0.29, 0.717) is 6.54 Å². The molecule has 0 aliphatic carbocycles. The molecule has 4 nitrogen and oxygen atoms in total. The molecule has 3 rings (SSSR count). The van der Waals surface area contributed by atoms with E-state index in [2.05, 4.69) is 17.0 Å². The highest BCUT2D eigenvalue weighted by molar-refractivity contribution is 5.45. The average molecular weight is 298 g/mol. The van der Waals surface area contributed by atoms with Gasteiger partial charge in [-0.15, -0.1) is 0 Å². The van der Waals surface area contributed by atoms with Crippen molar-refractivity contribution in [3.63, 3.8) is 0 Å². The molecule has 0 spiro atoms. The lowest BCUT2D eigenvalue weighted by atomic mass is 10.0. The Morgan fingerprint density at radius 3 is 2.50 bits per heavy atom. The lowest BCUT2D eigenvalue weighted by molar-refractivity contribution is 0.207. The van der Waals surface area contributed by atoms with Crippen molar-refractivity contribution in [3.8, 4) is 11.5 Å². The van der Waals surface area contributed by atoms with Crippen LogP contribution in [-0.4, -0.2) is 25.7 Å². The van der Waals surface area contributed by atoms with Crippen LogP contribution in [0.1, 0.15) is 22.7 Å². The normalized spacial score (nSPS) is 17.3. The van der Waals surface area contributed by atoms with Gasteiger partial charge in [-0.3, -0.25) is 4.90 Å². The van der Waals surface area contributed by atoms with E-state index < -0.39 is 0 Å². The molecule has 0 saturated carbocycles. The van der Waals surface area contributed by atoms with Gasteiger partial charge in [0.15, 0.2) is 0 Å². The molecule has 2 aromatic rings. The number of nitrogens with two attached hydrogens (primary N) is 1. The second-order valence-electron chi connectivity index (χ2n) is 5.50. The number of rotatable bonds is 5. The first-order chi connectivity index (χ1) is 10.8. The Morgan fingerprint density at radius 1 is 1.05 bits per heavy atom. The Bertz CT molecular complexity index is 657. The Morgan fingerprint density at radius 2 is 1.77 bits per heavy atom. The highest BCUT2D eigenvalue weighted by Gasteiger charge is 2.31. The topological polar surface area (TPSA) is 47.7 Å². The average Bonchev–Trinajstić information content (AvgIpc) is 2.92. The van der Waals surface area contributed by atoms with Gasteiger partial charge in [-0.2, -0.15) is 0 Å². The smallest absolute Gasteiger partial charge is 0.123 e. The maximum atomic E-state index is 6.04. The predicted molar refractivity (Wildman–Crippen MR) is 87.0 cm³/mol. The number of fused-ring (bicyclic) bond motifs is 1. The molecule has 0 fully saturated rings. The van der Waals surface area contributed by atoms with Crippen LogP contribution in [-0.2, 0) is 13.1 Å². The predicted octanol–water partition coefficient (Wildman–Crippen LogP) is 2.72. The van der Waals surface area contributed by atoms with E-state index in [-0.39, 0.29) is 6.04 Å². The maximum absolute atomic E-state index is 6.04. The van der Waals surface area contributed by atoms with Gasteiger partial charge in [0.2, 0.25) is 0 Å². The van der Waals surface area contributed by atoms with Gasteiger partial charge < -0.3 is 15.2 Å². The van der Waals surface area contributed by atoms with Crippen LogP contribution in [0.2, 0.25) is 0 Å². The van der Waals surface area contributed by atoms with Crippen molar-refractivity contribution < 1.29 is 9.47 Å². The molecule has 2 aromatic carbocycles. The molecular formula is C18H22N2O2. The van der Waals surface area contributed by atoms with Crippen LogP contribution in [0.25, 0.3) is 0 Å². The van der Waals surface area contributed by atoms with Gasteiger partial charge >= 0.3 is 0 Å². The molecule has 116 valence electrons. The Labute approximate surface area is 131 Å². The molecule has 0 amide bonds. The van der Waals surface area contributed by atoms with E-state index in [9.17, 15) is 0 Å². The molecule has 1 atom stereocenters. The molecule has 1 unspecified atom stereocenters. The monoisotopic (exact) mass is 298 g/mol. The quantitative estimate of drug-likeness (QED) is 0.922. The van der Waals surface area contributed by atoms with Crippen LogP contribution in [0.3, 0.4) is 0 Å². The summed E-state index contributed by atoms with van der Waals surface area (Å²) in [6, 6.07) is 14.5. The highest BCUT2D eigenvalue weighted by Crippen LogP contribution is 2.39. The maximum Gasteiger partial charge on any atom is 0.123 e. The minimum absolute atomic E-state index is 0.218. The zero-order chi connectivity index (χ0) is 15.5. The van der Waals surface area contributed by atoms with Crippen LogP contribution >= 0.6 is 0 Å². The second-order valence-corrected chi connectivity index (χ2v) is 5.50. The van der Waals surface area contributed by atoms with E-state index in [4.69, 9.17) is 15.2 Å². The second kappa shape index (κ2) is 6.38. The summed E-state index contributed by atoms with van der Waals surface area (Å²) >= 11 is 0. The fourth-order valence-corrected chi connectivity index (χ4v) is 3.26. The number of benzene rings is 2. The molecule has 0 bridgehead atoms. The van der Waals surface area contributed by atoms with Gasteiger partial charge in [-0.25, -0.2) is 0 Å². The van der Waals surface area contributed by atoms with Crippen molar-refractivity contribution in [2.24, 2.45) is 5.73 Å². The minimum atomic E-state index is 0.218. The van der Waals surface area contributed by atoms with Crippen molar-refractivity contribution in [1.82, 2.24) is 4.90 Å². The summed E-state index contributed by atoms with van der Waals surface area (Å²) in [6.07, 6.45) is 0. The summed E-state index contributed by atoms with van der Waals surface area (Å²) in [5.74, 6) is 1.86. The first-order valence-corrected chi connectivity index (χ1v) is 7.50. The summed E-state index contributed by atoms with van der Waals surface area (Å²) < 4.78 is 11.0. The van der Waals surface area contributed by atoms with E-state index >= 15 is 0 Å². The lowest BCUT2D eigenvalue weighted by Gasteiger charge is -2.24. The Kier molecular flexibility index (Phi) is 4.32. The molecular weight excluding hydrogens is 276 g/mol. The fourth-order valence-electron chi connectivity index (χ4n) is 3.26. The van der Waals surface area contributed by atoms with Crippen LogP contribution in [0.5, 0.6) is 11.5 Å². The third kappa shape index (κ3) is 2.56. The minimum Gasteiger partial charge on any atom is -0.496 e. The zero-order valence-corrected chi connectivity index (χ0v) is 13.1. The van der Waals surface area contributed by atoms with E-state index in [1.165, 1.54) is 16.7 Å². The number of methoxy groups -OCH3 is 2. The van der Waals surface area contributed by atoms with Crippen molar-refractivity contribution in [3.05, 3.63) is 59.2 Å². The third-order valence-corrected chi connectivity index (χ3v) is 4.34. The summed E-state index contributed by atoms with van der Waals surface area (Å²) in [6.45, 7) is 2.25. The number of ether oxygens (including phenoxy) is 2. The third-order valence-electron chi connectivity index (χ3n) is 4.34. The first kappa shape index (κ1) is 14.9. The molecule has 1 heterocycles. The lowest BCUT2D eigenvalue weighted by Crippen LogP contribution is -2.27. The van der Waals surface area contributed by atoms with Crippen LogP contribution in [0.4, 0.5) is 0 Å². The fraction of sp³-hybridized carbons (Fsp3) is 0.333. The van der Waals surface area contributed by atoms with Gasteiger partial charge in [0.05, 0.1) is 14.2 Å². The summed E-state index contributed by atoms with van der Waals surface area (Å²) in [4.78, 5) is 2.38. The molecule has 0 saturated heterocycles. The van der Waals surface area contributed by atoms with Crippen molar-refractivity contribution in [1.29, 1.82) is 0 Å². The van der Waals surface area contributed by atoms with Gasteiger partial charge in [0.25, 0.3) is 0 Å². The van der Waals surface area contributed by atoms with Gasteiger partial charge in [-0.1, -0.05) is 30.3 Å². The summed E-state index contributed by atoms with van der Waals surface area (Å²) in [5, 5.41) is 0.